The van der Waals surface area contributed by atoms with Gasteiger partial charge in [-0.2, -0.15) is 0 Å². The van der Waals surface area contributed by atoms with Crippen LogP contribution >= 0.6 is 0 Å². The molecular formula is C9H16N2O2. The van der Waals surface area contributed by atoms with Gasteiger partial charge in [-0.25, -0.2) is 4.79 Å². The van der Waals surface area contributed by atoms with E-state index < -0.39 is 0 Å². The molecule has 4 nitrogen and oxygen atoms in total. The Morgan fingerprint density at radius 1 is 1.46 bits per heavy atom. The molecule has 0 aromatic heterocycles. The van der Waals surface area contributed by atoms with Crippen molar-refractivity contribution in [1.29, 1.82) is 0 Å². The van der Waals surface area contributed by atoms with Gasteiger partial charge in [-0.1, -0.05) is 12.8 Å². The SMILES string of the molecule is NCC1(N2CCOC2=O)CCCC1. The molecule has 0 atom stereocenters. The fourth-order valence-corrected chi connectivity index (χ4v) is 2.44. The highest BCUT2D eigenvalue weighted by atomic mass is 16.6. The van der Waals surface area contributed by atoms with Crippen molar-refractivity contribution in [3.8, 4) is 0 Å². The molecule has 2 aliphatic rings. The van der Waals surface area contributed by atoms with E-state index in [2.05, 4.69) is 0 Å². The van der Waals surface area contributed by atoms with Gasteiger partial charge in [0.1, 0.15) is 6.61 Å². The summed E-state index contributed by atoms with van der Waals surface area (Å²) < 4.78 is 4.94. The van der Waals surface area contributed by atoms with Gasteiger partial charge < -0.3 is 10.5 Å². The van der Waals surface area contributed by atoms with Crippen LogP contribution in [-0.4, -0.2) is 36.2 Å². The van der Waals surface area contributed by atoms with Crippen LogP contribution in [-0.2, 0) is 4.74 Å². The highest BCUT2D eigenvalue weighted by Crippen LogP contribution is 2.35. The van der Waals surface area contributed by atoms with Crippen LogP contribution < -0.4 is 5.73 Å². The Balaban J connectivity index is 2.15. The van der Waals surface area contributed by atoms with Crippen molar-refractivity contribution in [3.05, 3.63) is 0 Å². The topological polar surface area (TPSA) is 55.6 Å². The lowest BCUT2D eigenvalue weighted by Crippen LogP contribution is -2.52. The first-order valence-electron chi connectivity index (χ1n) is 4.93. The lowest BCUT2D eigenvalue weighted by Gasteiger charge is -2.35. The van der Waals surface area contributed by atoms with Gasteiger partial charge in [0, 0.05) is 6.54 Å². The van der Waals surface area contributed by atoms with Crippen LogP contribution in [0.4, 0.5) is 4.79 Å². The quantitative estimate of drug-likeness (QED) is 0.687. The third-order valence-electron chi connectivity index (χ3n) is 3.25. The summed E-state index contributed by atoms with van der Waals surface area (Å²) >= 11 is 0. The summed E-state index contributed by atoms with van der Waals surface area (Å²) in [5.74, 6) is 0. The maximum atomic E-state index is 11.4. The van der Waals surface area contributed by atoms with Crippen molar-refractivity contribution in [2.24, 2.45) is 5.73 Å². The van der Waals surface area contributed by atoms with Crippen LogP contribution in [0.15, 0.2) is 0 Å². The molecule has 0 spiro atoms. The van der Waals surface area contributed by atoms with Gasteiger partial charge in [0.05, 0.1) is 12.1 Å². The zero-order valence-electron chi connectivity index (χ0n) is 7.79. The van der Waals surface area contributed by atoms with Gasteiger partial charge >= 0.3 is 6.09 Å². The number of carbonyl (C=O) groups is 1. The molecule has 13 heavy (non-hydrogen) atoms. The van der Waals surface area contributed by atoms with E-state index in [1.165, 1.54) is 12.8 Å². The summed E-state index contributed by atoms with van der Waals surface area (Å²) in [7, 11) is 0. The zero-order chi connectivity index (χ0) is 9.31. The number of carbonyl (C=O) groups excluding carboxylic acids is 1. The molecule has 0 unspecified atom stereocenters. The van der Waals surface area contributed by atoms with E-state index in [0.29, 0.717) is 13.2 Å². The minimum atomic E-state index is -0.174. The number of nitrogens with zero attached hydrogens (tertiary/aromatic N) is 1. The normalized spacial score (nSPS) is 26.5. The highest BCUT2D eigenvalue weighted by molar-refractivity contribution is 5.70. The summed E-state index contributed by atoms with van der Waals surface area (Å²) in [5.41, 5.74) is 5.69. The number of nitrogens with two attached hydrogens (primary N) is 1. The van der Waals surface area contributed by atoms with Gasteiger partial charge in [-0.05, 0) is 12.8 Å². The van der Waals surface area contributed by atoms with Crippen LogP contribution in [0, 0.1) is 0 Å². The maximum absolute atomic E-state index is 11.4. The monoisotopic (exact) mass is 184 g/mol. The van der Waals surface area contributed by atoms with E-state index in [0.717, 1.165) is 19.4 Å². The van der Waals surface area contributed by atoms with Crippen molar-refractivity contribution in [2.45, 2.75) is 31.2 Å². The number of rotatable bonds is 2. The van der Waals surface area contributed by atoms with Gasteiger partial charge in [0.2, 0.25) is 0 Å². The summed E-state index contributed by atoms with van der Waals surface area (Å²) in [4.78, 5) is 13.2. The van der Waals surface area contributed by atoms with Crippen molar-refractivity contribution in [3.63, 3.8) is 0 Å². The largest absolute Gasteiger partial charge is 0.448 e. The third-order valence-corrected chi connectivity index (χ3v) is 3.25. The molecule has 1 aliphatic heterocycles. The Hall–Kier alpha value is -0.770. The van der Waals surface area contributed by atoms with Crippen LogP contribution in [0.1, 0.15) is 25.7 Å². The minimum Gasteiger partial charge on any atom is -0.448 e. The predicted octanol–water partition coefficient (Wildman–Crippen LogP) is 0.710. The van der Waals surface area contributed by atoms with E-state index in [1.807, 2.05) is 4.90 Å². The summed E-state index contributed by atoms with van der Waals surface area (Å²) in [5, 5.41) is 0. The number of hydrogen-bond donors (Lipinski definition) is 1. The Morgan fingerprint density at radius 2 is 2.15 bits per heavy atom. The standard InChI is InChI=1S/C9H16N2O2/c10-7-9(3-1-2-4-9)11-5-6-13-8(11)12/h1-7,10H2. The molecule has 2 N–H and O–H groups in total. The molecule has 2 rings (SSSR count). The second-order valence-electron chi connectivity index (χ2n) is 3.90. The van der Waals surface area contributed by atoms with Crippen LogP contribution in [0.25, 0.3) is 0 Å². The smallest absolute Gasteiger partial charge is 0.410 e. The molecule has 0 bridgehead atoms. The Morgan fingerprint density at radius 3 is 2.62 bits per heavy atom. The molecule has 4 heteroatoms. The van der Waals surface area contributed by atoms with E-state index in [9.17, 15) is 4.79 Å². The lowest BCUT2D eigenvalue weighted by molar-refractivity contribution is 0.116. The first-order chi connectivity index (χ1) is 6.28. The predicted molar refractivity (Wildman–Crippen MR) is 48.3 cm³/mol. The average molecular weight is 184 g/mol. The fourth-order valence-electron chi connectivity index (χ4n) is 2.44. The van der Waals surface area contributed by atoms with E-state index >= 15 is 0 Å². The van der Waals surface area contributed by atoms with Crippen LogP contribution in [0.5, 0.6) is 0 Å². The summed E-state index contributed by atoms with van der Waals surface area (Å²) in [6, 6.07) is 0. The molecule has 74 valence electrons. The number of amides is 1. The minimum absolute atomic E-state index is 0.0758. The first-order valence-corrected chi connectivity index (χ1v) is 4.93. The lowest BCUT2D eigenvalue weighted by atomic mass is 9.96. The molecule has 1 amide bonds. The second-order valence-corrected chi connectivity index (χ2v) is 3.90. The van der Waals surface area contributed by atoms with Crippen molar-refractivity contribution >= 4 is 6.09 Å². The first kappa shape index (κ1) is 8.81. The van der Waals surface area contributed by atoms with Gasteiger partial charge in [0.15, 0.2) is 0 Å². The van der Waals surface area contributed by atoms with Crippen molar-refractivity contribution in [1.82, 2.24) is 4.90 Å². The number of cyclic esters (lactones) is 1. The molecular weight excluding hydrogens is 168 g/mol. The zero-order valence-corrected chi connectivity index (χ0v) is 7.79. The third kappa shape index (κ3) is 1.29. The molecule has 1 heterocycles. The van der Waals surface area contributed by atoms with Gasteiger partial charge in [-0.15, -0.1) is 0 Å². The summed E-state index contributed by atoms with van der Waals surface area (Å²) in [6.45, 7) is 1.82. The summed E-state index contributed by atoms with van der Waals surface area (Å²) in [6.07, 6.45) is 4.27. The molecule has 0 radical (unpaired) electrons. The molecule has 2 fully saturated rings. The van der Waals surface area contributed by atoms with E-state index in [-0.39, 0.29) is 11.6 Å². The fraction of sp³-hybridized carbons (Fsp3) is 0.889. The molecule has 1 saturated heterocycles. The molecule has 1 saturated carbocycles. The van der Waals surface area contributed by atoms with Crippen LogP contribution in [0.2, 0.25) is 0 Å². The maximum Gasteiger partial charge on any atom is 0.410 e. The molecule has 0 aromatic rings. The second kappa shape index (κ2) is 3.18. The van der Waals surface area contributed by atoms with Crippen LogP contribution in [0.3, 0.4) is 0 Å². The average Bonchev–Trinajstić information content (AvgIpc) is 2.73. The van der Waals surface area contributed by atoms with Gasteiger partial charge in [0.25, 0.3) is 0 Å². The Labute approximate surface area is 78.0 Å². The highest BCUT2D eigenvalue weighted by Gasteiger charge is 2.43. The van der Waals surface area contributed by atoms with E-state index in [1.54, 1.807) is 0 Å². The Bertz CT molecular complexity index is 212. The Kier molecular flexibility index (Phi) is 2.15. The van der Waals surface area contributed by atoms with Crippen molar-refractivity contribution in [2.75, 3.05) is 19.7 Å². The molecule has 0 aromatic carbocycles. The molecule has 1 aliphatic carbocycles. The number of ether oxygens (including phenoxy) is 1. The van der Waals surface area contributed by atoms with E-state index in [4.69, 9.17) is 10.5 Å². The van der Waals surface area contributed by atoms with Crippen molar-refractivity contribution < 1.29 is 9.53 Å². The number of hydrogen-bond acceptors (Lipinski definition) is 3. The van der Waals surface area contributed by atoms with Gasteiger partial charge in [-0.3, -0.25) is 4.90 Å².